The van der Waals surface area contributed by atoms with Gasteiger partial charge in [0.15, 0.2) is 0 Å². The van der Waals surface area contributed by atoms with E-state index in [1.54, 1.807) is 18.2 Å². The Morgan fingerprint density at radius 2 is 2.11 bits per heavy atom. The summed E-state index contributed by atoms with van der Waals surface area (Å²) in [6.07, 6.45) is 0.757. The standard InChI is InChI=1S/C13H15BrClNO3/c1-3-6-16(8-12(17)19-2)13(18)9-4-5-10(14)11(15)7-9/h4-5,7H,3,6,8H2,1-2H3. The van der Waals surface area contributed by atoms with Gasteiger partial charge in [0.05, 0.1) is 12.1 Å². The zero-order valence-corrected chi connectivity index (χ0v) is 13.1. The van der Waals surface area contributed by atoms with Crippen LogP contribution in [0.25, 0.3) is 0 Å². The minimum Gasteiger partial charge on any atom is -0.468 e. The number of ether oxygens (including phenoxy) is 1. The summed E-state index contributed by atoms with van der Waals surface area (Å²) in [5.41, 5.74) is 0.450. The van der Waals surface area contributed by atoms with E-state index in [1.807, 2.05) is 6.92 Å². The van der Waals surface area contributed by atoms with E-state index in [4.69, 9.17) is 11.6 Å². The van der Waals surface area contributed by atoms with Crippen LogP contribution in [0.2, 0.25) is 5.02 Å². The number of hydrogen-bond donors (Lipinski definition) is 0. The van der Waals surface area contributed by atoms with Crippen LogP contribution in [0.5, 0.6) is 0 Å². The van der Waals surface area contributed by atoms with Gasteiger partial charge in [-0.1, -0.05) is 18.5 Å². The fourth-order valence-corrected chi connectivity index (χ4v) is 1.98. The topological polar surface area (TPSA) is 46.6 Å². The first-order valence-electron chi connectivity index (χ1n) is 5.80. The highest BCUT2D eigenvalue weighted by Gasteiger charge is 2.19. The van der Waals surface area contributed by atoms with Gasteiger partial charge in [0.25, 0.3) is 5.91 Å². The van der Waals surface area contributed by atoms with Crippen LogP contribution in [0.4, 0.5) is 0 Å². The number of carbonyl (C=O) groups excluding carboxylic acids is 2. The number of esters is 1. The van der Waals surface area contributed by atoms with Crippen molar-refractivity contribution in [3.8, 4) is 0 Å². The van der Waals surface area contributed by atoms with E-state index in [0.717, 1.165) is 10.9 Å². The van der Waals surface area contributed by atoms with Crippen LogP contribution < -0.4 is 0 Å². The lowest BCUT2D eigenvalue weighted by atomic mass is 10.2. The van der Waals surface area contributed by atoms with Gasteiger partial charge in [-0.15, -0.1) is 0 Å². The number of benzene rings is 1. The molecule has 1 rings (SSSR count). The van der Waals surface area contributed by atoms with Gasteiger partial charge in [-0.3, -0.25) is 9.59 Å². The monoisotopic (exact) mass is 347 g/mol. The van der Waals surface area contributed by atoms with Crippen molar-refractivity contribution in [3.05, 3.63) is 33.3 Å². The van der Waals surface area contributed by atoms with Crippen molar-refractivity contribution in [3.63, 3.8) is 0 Å². The Morgan fingerprint density at radius 3 is 2.63 bits per heavy atom. The Hall–Kier alpha value is -1.07. The van der Waals surface area contributed by atoms with Gasteiger partial charge >= 0.3 is 5.97 Å². The average molecular weight is 349 g/mol. The number of rotatable bonds is 5. The highest BCUT2D eigenvalue weighted by atomic mass is 79.9. The van der Waals surface area contributed by atoms with Crippen LogP contribution in [0.3, 0.4) is 0 Å². The third-order valence-corrected chi connectivity index (χ3v) is 3.73. The summed E-state index contributed by atoms with van der Waals surface area (Å²) in [5.74, 6) is -0.674. The van der Waals surface area contributed by atoms with E-state index < -0.39 is 5.97 Å². The van der Waals surface area contributed by atoms with Gasteiger partial charge in [0.2, 0.25) is 0 Å². The number of carbonyl (C=O) groups is 2. The van der Waals surface area contributed by atoms with E-state index >= 15 is 0 Å². The lowest BCUT2D eigenvalue weighted by Crippen LogP contribution is -2.36. The molecule has 0 radical (unpaired) electrons. The van der Waals surface area contributed by atoms with Crippen molar-refractivity contribution >= 4 is 39.4 Å². The van der Waals surface area contributed by atoms with E-state index in [9.17, 15) is 9.59 Å². The van der Waals surface area contributed by atoms with Gasteiger partial charge in [0, 0.05) is 16.6 Å². The highest BCUT2D eigenvalue weighted by Crippen LogP contribution is 2.23. The molecule has 0 saturated carbocycles. The second kappa shape index (κ2) is 7.50. The lowest BCUT2D eigenvalue weighted by molar-refractivity contribution is -0.141. The number of halogens is 2. The molecule has 0 fully saturated rings. The van der Waals surface area contributed by atoms with E-state index in [0.29, 0.717) is 17.1 Å². The minimum atomic E-state index is -0.440. The molecule has 1 aromatic rings. The van der Waals surface area contributed by atoms with E-state index in [2.05, 4.69) is 20.7 Å². The van der Waals surface area contributed by atoms with E-state index in [-0.39, 0.29) is 12.5 Å². The van der Waals surface area contributed by atoms with Crippen molar-refractivity contribution in [1.29, 1.82) is 0 Å². The summed E-state index contributed by atoms with van der Waals surface area (Å²) in [4.78, 5) is 25.0. The molecule has 0 saturated heterocycles. The van der Waals surface area contributed by atoms with Gasteiger partial charge in [-0.2, -0.15) is 0 Å². The van der Waals surface area contributed by atoms with E-state index in [1.165, 1.54) is 12.0 Å². The maximum atomic E-state index is 12.3. The van der Waals surface area contributed by atoms with Gasteiger partial charge < -0.3 is 9.64 Å². The molecule has 0 aliphatic rings. The van der Waals surface area contributed by atoms with Crippen LogP contribution >= 0.6 is 27.5 Å². The normalized spacial score (nSPS) is 10.1. The molecule has 0 aliphatic heterocycles. The van der Waals surface area contributed by atoms with Crippen LogP contribution in [0.1, 0.15) is 23.7 Å². The molecule has 0 heterocycles. The molecule has 0 unspecified atom stereocenters. The Kier molecular flexibility index (Phi) is 6.31. The lowest BCUT2D eigenvalue weighted by Gasteiger charge is -2.21. The molecular weight excluding hydrogens is 334 g/mol. The fraction of sp³-hybridized carbons (Fsp3) is 0.385. The largest absolute Gasteiger partial charge is 0.468 e. The van der Waals surface area contributed by atoms with Crippen molar-refractivity contribution in [2.75, 3.05) is 20.2 Å². The van der Waals surface area contributed by atoms with Gasteiger partial charge in [-0.05, 0) is 40.5 Å². The van der Waals surface area contributed by atoms with Crippen LogP contribution in [0, 0.1) is 0 Å². The second-order valence-corrected chi connectivity index (χ2v) is 5.19. The number of methoxy groups -OCH3 is 1. The molecule has 0 atom stereocenters. The Morgan fingerprint density at radius 1 is 1.42 bits per heavy atom. The smallest absolute Gasteiger partial charge is 0.325 e. The first-order chi connectivity index (χ1) is 8.99. The Balaban J connectivity index is 2.91. The summed E-state index contributed by atoms with van der Waals surface area (Å²) in [5, 5.41) is 0.459. The summed E-state index contributed by atoms with van der Waals surface area (Å²) in [6.45, 7) is 2.37. The predicted molar refractivity (Wildman–Crippen MR) is 77.4 cm³/mol. The molecule has 4 nitrogen and oxygen atoms in total. The number of hydrogen-bond acceptors (Lipinski definition) is 3. The molecule has 0 N–H and O–H groups in total. The van der Waals surface area contributed by atoms with Gasteiger partial charge in [-0.25, -0.2) is 0 Å². The van der Waals surface area contributed by atoms with Crippen molar-refractivity contribution in [1.82, 2.24) is 4.90 Å². The molecule has 0 bridgehead atoms. The molecule has 0 aromatic heterocycles. The Labute approximate surface area is 125 Å². The number of amides is 1. The first-order valence-corrected chi connectivity index (χ1v) is 6.97. The quantitative estimate of drug-likeness (QED) is 0.768. The molecule has 6 heteroatoms. The average Bonchev–Trinajstić information content (AvgIpc) is 2.40. The summed E-state index contributed by atoms with van der Waals surface area (Å²) in [7, 11) is 1.30. The summed E-state index contributed by atoms with van der Waals surface area (Å²) < 4.78 is 5.31. The highest BCUT2D eigenvalue weighted by molar-refractivity contribution is 9.10. The SMILES string of the molecule is CCCN(CC(=O)OC)C(=O)c1ccc(Br)c(Cl)c1. The molecular formula is C13H15BrClNO3. The van der Waals surface area contributed by atoms with Crippen molar-refractivity contribution in [2.24, 2.45) is 0 Å². The summed E-state index contributed by atoms with van der Waals surface area (Å²) >= 11 is 9.23. The van der Waals surface area contributed by atoms with Crippen molar-refractivity contribution < 1.29 is 14.3 Å². The molecule has 1 amide bonds. The first kappa shape index (κ1) is 16.0. The third kappa shape index (κ3) is 4.51. The fourth-order valence-electron chi connectivity index (χ4n) is 1.55. The van der Waals surface area contributed by atoms with Gasteiger partial charge in [0.1, 0.15) is 6.54 Å². The van der Waals surface area contributed by atoms with Crippen LogP contribution in [-0.2, 0) is 9.53 Å². The van der Waals surface area contributed by atoms with Crippen LogP contribution in [-0.4, -0.2) is 37.0 Å². The zero-order chi connectivity index (χ0) is 14.4. The number of nitrogens with zero attached hydrogens (tertiary/aromatic N) is 1. The Bertz CT molecular complexity index is 479. The third-order valence-electron chi connectivity index (χ3n) is 2.49. The molecule has 19 heavy (non-hydrogen) atoms. The van der Waals surface area contributed by atoms with Crippen LogP contribution in [0.15, 0.2) is 22.7 Å². The second-order valence-electron chi connectivity index (χ2n) is 3.93. The maximum Gasteiger partial charge on any atom is 0.325 e. The molecule has 0 aliphatic carbocycles. The maximum absolute atomic E-state index is 12.3. The molecule has 1 aromatic carbocycles. The predicted octanol–water partition coefficient (Wildman–Crippen LogP) is 3.13. The molecule has 0 spiro atoms. The van der Waals surface area contributed by atoms with Crippen molar-refractivity contribution in [2.45, 2.75) is 13.3 Å². The summed E-state index contributed by atoms with van der Waals surface area (Å²) in [6, 6.07) is 4.95. The minimum absolute atomic E-state index is 0.0587. The zero-order valence-electron chi connectivity index (χ0n) is 10.8. The molecule has 104 valence electrons.